The number of hydrogen-bond donors (Lipinski definition) is 1. The highest BCUT2D eigenvalue weighted by atomic mass is 35.5. The molecule has 5 heteroatoms. The van der Waals surface area contributed by atoms with Gasteiger partial charge in [0, 0.05) is 28.0 Å². The number of nitrogens with zero attached hydrogens (tertiary/aromatic N) is 1. The Bertz CT molecular complexity index is 609. The second-order valence-electron chi connectivity index (χ2n) is 4.36. The van der Waals surface area contributed by atoms with Crippen molar-refractivity contribution < 1.29 is 9.53 Å². The molecule has 4 nitrogen and oxygen atoms in total. The zero-order chi connectivity index (χ0) is 14.5. The van der Waals surface area contributed by atoms with Crippen LogP contribution in [-0.4, -0.2) is 17.4 Å². The maximum absolute atomic E-state index is 12.4. The quantitative estimate of drug-likeness (QED) is 0.677. The van der Waals surface area contributed by atoms with E-state index in [9.17, 15) is 4.79 Å². The van der Waals surface area contributed by atoms with Gasteiger partial charge in [-0.05, 0) is 30.7 Å². The Labute approximate surface area is 122 Å². The average Bonchev–Trinajstić information content (AvgIpc) is 2.43. The van der Waals surface area contributed by atoms with E-state index in [0.29, 0.717) is 34.2 Å². The minimum atomic E-state index is -0.186. The van der Waals surface area contributed by atoms with Crippen LogP contribution in [0.15, 0.2) is 36.7 Å². The number of benzene rings is 1. The predicted octanol–water partition coefficient (Wildman–Crippen LogP) is 3.34. The molecule has 0 bridgehead atoms. The fraction of sp³-hybridized carbons (Fsp3) is 0.200. The van der Waals surface area contributed by atoms with Gasteiger partial charge in [-0.25, -0.2) is 0 Å². The lowest BCUT2D eigenvalue weighted by Gasteiger charge is -2.07. The van der Waals surface area contributed by atoms with Crippen LogP contribution in [0, 0.1) is 0 Å². The summed E-state index contributed by atoms with van der Waals surface area (Å²) >= 11 is 5.91. The van der Waals surface area contributed by atoms with E-state index >= 15 is 0 Å². The third-order valence-corrected chi connectivity index (χ3v) is 2.85. The van der Waals surface area contributed by atoms with Crippen molar-refractivity contribution in [3.05, 3.63) is 52.8 Å². The number of carbonyl (C=O) groups is 1. The molecule has 0 aliphatic heterocycles. The van der Waals surface area contributed by atoms with E-state index in [0.717, 1.165) is 6.42 Å². The summed E-state index contributed by atoms with van der Waals surface area (Å²) in [6.07, 6.45) is 3.97. The number of ketones is 1. The lowest BCUT2D eigenvalue weighted by atomic mass is 10.0. The number of anilines is 1. The van der Waals surface area contributed by atoms with Crippen molar-refractivity contribution in [1.82, 2.24) is 4.98 Å². The van der Waals surface area contributed by atoms with Gasteiger partial charge in [0.2, 0.25) is 0 Å². The van der Waals surface area contributed by atoms with Crippen molar-refractivity contribution in [3.8, 4) is 5.75 Å². The summed E-state index contributed by atoms with van der Waals surface area (Å²) in [5.74, 6) is 0.390. The van der Waals surface area contributed by atoms with Crippen LogP contribution in [-0.2, 0) is 0 Å². The third-order valence-electron chi connectivity index (χ3n) is 2.63. The second-order valence-corrected chi connectivity index (χ2v) is 4.80. The molecule has 0 fully saturated rings. The molecule has 0 aliphatic rings. The van der Waals surface area contributed by atoms with E-state index in [1.807, 2.05) is 6.92 Å². The lowest BCUT2D eigenvalue weighted by Crippen LogP contribution is -2.04. The van der Waals surface area contributed by atoms with Gasteiger partial charge in [-0.15, -0.1) is 0 Å². The molecule has 0 unspecified atom stereocenters. The number of hydrogen-bond acceptors (Lipinski definition) is 4. The largest absolute Gasteiger partial charge is 0.492 e. The molecule has 0 saturated heterocycles. The van der Waals surface area contributed by atoms with Crippen molar-refractivity contribution in [2.45, 2.75) is 13.3 Å². The van der Waals surface area contributed by atoms with E-state index in [1.54, 1.807) is 30.5 Å². The molecule has 0 spiro atoms. The number of ether oxygens (including phenoxy) is 1. The summed E-state index contributed by atoms with van der Waals surface area (Å²) < 4.78 is 5.46. The molecule has 1 aromatic carbocycles. The molecule has 0 aliphatic carbocycles. The molecule has 2 rings (SSSR count). The second kappa shape index (κ2) is 6.39. The van der Waals surface area contributed by atoms with Crippen LogP contribution in [0.3, 0.4) is 0 Å². The fourth-order valence-corrected chi connectivity index (χ4v) is 2.00. The van der Waals surface area contributed by atoms with Crippen molar-refractivity contribution in [3.63, 3.8) is 0 Å². The highest BCUT2D eigenvalue weighted by Gasteiger charge is 2.12. The third kappa shape index (κ3) is 3.48. The van der Waals surface area contributed by atoms with E-state index < -0.39 is 0 Å². The van der Waals surface area contributed by atoms with Crippen LogP contribution in [0.5, 0.6) is 5.75 Å². The van der Waals surface area contributed by atoms with E-state index in [1.165, 1.54) is 6.20 Å². The first-order valence-corrected chi connectivity index (χ1v) is 6.66. The number of nitrogen functional groups attached to an aromatic ring is 1. The first-order valence-electron chi connectivity index (χ1n) is 6.28. The zero-order valence-corrected chi connectivity index (χ0v) is 11.9. The molecule has 20 heavy (non-hydrogen) atoms. The van der Waals surface area contributed by atoms with Crippen molar-refractivity contribution in [2.24, 2.45) is 0 Å². The summed E-state index contributed by atoms with van der Waals surface area (Å²) in [4.78, 5) is 16.4. The first-order chi connectivity index (χ1) is 9.60. The minimum absolute atomic E-state index is 0.186. The van der Waals surface area contributed by atoms with E-state index in [2.05, 4.69) is 4.98 Å². The predicted molar refractivity (Wildman–Crippen MR) is 79.3 cm³/mol. The van der Waals surface area contributed by atoms with Crippen LogP contribution in [0.1, 0.15) is 29.3 Å². The number of carbonyl (C=O) groups excluding carboxylic acids is 1. The molecule has 0 saturated carbocycles. The summed E-state index contributed by atoms with van der Waals surface area (Å²) in [5, 5.41) is 0.430. The zero-order valence-electron chi connectivity index (χ0n) is 11.1. The molecule has 2 aromatic rings. The summed E-state index contributed by atoms with van der Waals surface area (Å²) in [6.45, 7) is 2.60. The molecule has 1 heterocycles. The topological polar surface area (TPSA) is 65.2 Å². The van der Waals surface area contributed by atoms with Gasteiger partial charge in [0.1, 0.15) is 5.75 Å². The van der Waals surface area contributed by atoms with Crippen molar-refractivity contribution in [1.29, 1.82) is 0 Å². The molecule has 1 aromatic heterocycles. The van der Waals surface area contributed by atoms with Gasteiger partial charge in [-0.3, -0.25) is 9.78 Å². The Morgan fingerprint density at radius 2 is 2.05 bits per heavy atom. The van der Waals surface area contributed by atoms with E-state index in [4.69, 9.17) is 22.1 Å². The van der Waals surface area contributed by atoms with E-state index in [-0.39, 0.29) is 5.78 Å². The highest BCUT2D eigenvalue weighted by molar-refractivity contribution is 6.31. The standard InChI is InChI=1S/C15H15ClN2O2/c1-2-3-20-14-6-11(8-18-9-14)15(19)10-4-12(16)7-13(17)5-10/h4-9H,2-3,17H2,1H3. The van der Waals surface area contributed by atoms with Crippen molar-refractivity contribution in [2.75, 3.05) is 12.3 Å². The van der Waals surface area contributed by atoms with Crippen LogP contribution < -0.4 is 10.5 Å². The fourth-order valence-electron chi connectivity index (χ4n) is 1.75. The normalized spacial score (nSPS) is 10.3. The van der Waals surface area contributed by atoms with Gasteiger partial charge < -0.3 is 10.5 Å². The van der Waals surface area contributed by atoms with Gasteiger partial charge in [0.05, 0.1) is 12.8 Å². The van der Waals surface area contributed by atoms with Gasteiger partial charge >= 0.3 is 0 Å². The maximum atomic E-state index is 12.4. The molecule has 104 valence electrons. The SMILES string of the molecule is CCCOc1cncc(C(=O)c2cc(N)cc(Cl)c2)c1. The van der Waals surface area contributed by atoms with Crippen LogP contribution in [0.2, 0.25) is 5.02 Å². The van der Waals surface area contributed by atoms with Gasteiger partial charge in [0.25, 0.3) is 0 Å². The average molecular weight is 291 g/mol. The highest BCUT2D eigenvalue weighted by Crippen LogP contribution is 2.20. The van der Waals surface area contributed by atoms with Crippen molar-refractivity contribution >= 4 is 23.1 Å². The number of nitrogens with two attached hydrogens (primary N) is 1. The first kappa shape index (κ1) is 14.3. The van der Waals surface area contributed by atoms with Gasteiger partial charge in [-0.1, -0.05) is 18.5 Å². The summed E-state index contributed by atoms with van der Waals surface area (Å²) in [7, 11) is 0. The Kier molecular flexibility index (Phi) is 4.58. The lowest BCUT2D eigenvalue weighted by molar-refractivity contribution is 0.103. The van der Waals surface area contributed by atoms with Gasteiger partial charge in [-0.2, -0.15) is 0 Å². The maximum Gasteiger partial charge on any atom is 0.194 e. The number of rotatable bonds is 5. The summed E-state index contributed by atoms with van der Waals surface area (Å²) in [6, 6.07) is 6.44. The Balaban J connectivity index is 2.28. The smallest absolute Gasteiger partial charge is 0.194 e. The number of pyridine rings is 1. The Morgan fingerprint density at radius 1 is 1.25 bits per heavy atom. The molecule has 2 N–H and O–H groups in total. The van der Waals surface area contributed by atoms with Crippen LogP contribution >= 0.6 is 11.6 Å². The van der Waals surface area contributed by atoms with Gasteiger partial charge in [0.15, 0.2) is 5.78 Å². The Hall–Kier alpha value is -2.07. The molecule has 0 radical (unpaired) electrons. The molecular formula is C15H15ClN2O2. The molecule has 0 atom stereocenters. The Morgan fingerprint density at radius 3 is 2.75 bits per heavy atom. The van der Waals surface area contributed by atoms with Crippen LogP contribution in [0.4, 0.5) is 5.69 Å². The molecule has 0 amide bonds. The monoisotopic (exact) mass is 290 g/mol. The molecular weight excluding hydrogens is 276 g/mol. The van der Waals surface area contributed by atoms with Crippen LogP contribution in [0.25, 0.3) is 0 Å². The number of halogens is 1. The summed E-state index contributed by atoms with van der Waals surface area (Å²) in [5.41, 5.74) is 7.02. The minimum Gasteiger partial charge on any atom is -0.492 e. The number of aromatic nitrogens is 1.